The first-order valence-corrected chi connectivity index (χ1v) is 20.0. The van der Waals surface area contributed by atoms with Gasteiger partial charge in [0.15, 0.2) is 23.3 Å². The molecule has 11 rings (SSSR count). The van der Waals surface area contributed by atoms with Crippen LogP contribution in [0.4, 0.5) is 0 Å². The summed E-state index contributed by atoms with van der Waals surface area (Å²) < 4.78 is 4.68. The highest BCUT2D eigenvalue weighted by Crippen LogP contribution is 2.43. The molecule has 0 atom stereocenters. The van der Waals surface area contributed by atoms with E-state index in [0.29, 0.717) is 17.5 Å². The summed E-state index contributed by atoms with van der Waals surface area (Å²) in [5, 5.41) is 3.54. The third kappa shape index (κ3) is 5.73. The lowest BCUT2D eigenvalue weighted by molar-refractivity contribution is 1.07. The van der Waals surface area contributed by atoms with Crippen molar-refractivity contribution in [2.75, 3.05) is 0 Å². The first-order valence-electron chi connectivity index (χ1n) is 18.4. The first-order chi connectivity index (χ1) is 27.7. The van der Waals surface area contributed by atoms with Crippen LogP contribution in [0.1, 0.15) is 0 Å². The van der Waals surface area contributed by atoms with E-state index in [-0.39, 0.29) is 0 Å². The van der Waals surface area contributed by atoms with Crippen LogP contribution in [-0.4, -0.2) is 24.9 Å². The van der Waals surface area contributed by atoms with E-state index in [1.807, 2.05) is 66.7 Å². The Morgan fingerprint density at radius 3 is 1.48 bits per heavy atom. The minimum Gasteiger partial charge on any atom is -0.226 e. The second-order valence-electron chi connectivity index (χ2n) is 13.7. The molecule has 56 heavy (non-hydrogen) atoms. The zero-order chi connectivity index (χ0) is 37.0. The van der Waals surface area contributed by atoms with Crippen LogP contribution in [0.25, 0.3) is 108 Å². The van der Waals surface area contributed by atoms with Crippen LogP contribution in [-0.2, 0) is 0 Å². The Morgan fingerprint density at radius 2 is 0.786 bits per heavy atom. The number of rotatable bonds is 6. The molecule has 5 nitrogen and oxygen atoms in total. The summed E-state index contributed by atoms with van der Waals surface area (Å²) in [6, 6.07) is 61.0. The zero-order valence-corrected chi connectivity index (χ0v) is 31.4. The van der Waals surface area contributed by atoms with Crippen molar-refractivity contribution in [2.45, 2.75) is 0 Å². The first kappa shape index (κ1) is 32.5. The molecule has 0 bridgehead atoms. The van der Waals surface area contributed by atoms with Crippen LogP contribution in [0, 0.1) is 0 Å². The highest BCUT2D eigenvalue weighted by atomic mass is 32.1. The van der Waals surface area contributed by atoms with Crippen molar-refractivity contribution in [3.8, 4) is 67.9 Å². The molecule has 0 N–H and O–H groups in total. The van der Waals surface area contributed by atoms with Crippen molar-refractivity contribution in [1.29, 1.82) is 0 Å². The predicted molar refractivity (Wildman–Crippen MR) is 234 cm³/mol. The van der Waals surface area contributed by atoms with Crippen molar-refractivity contribution in [3.63, 3.8) is 0 Å². The van der Waals surface area contributed by atoms with Crippen molar-refractivity contribution in [2.24, 2.45) is 0 Å². The van der Waals surface area contributed by atoms with Crippen LogP contribution >= 0.6 is 22.7 Å². The van der Waals surface area contributed by atoms with Gasteiger partial charge < -0.3 is 0 Å². The predicted octanol–water partition coefficient (Wildman–Crippen LogP) is 13.4. The fraction of sp³-hybridized carbons (Fsp3) is 0. The molecule has 0 saturated carbocycles. The number of nitrogens with zero attached hydrogens (tertiary/aromatic N) is 5. The van der Waals surface area contributed by atoms with Crippen molar-refractivity contribution in [1.82, 2.24) is 24.9 Å². The van der Waals surface area contributed by atoms with Gasteiger partial charge in [0.25, 0.3) is 0 Å². The largest absolute Gasteiger partial charge is 0.226 e. The molecular weight excluding hydrogens is 723 g/mol. The van der Waals surface area contributed by atoms with Crippen LogP contribution in [0.2, 0.25) is 0 Å². The van der Waals surface area contributed by atoms with E-state index in [9.17, 15) is 0 Å². The number of hydrogen-bond donors (Lipinski definition) is 0. The van der Waals surface area contributed by atoms with Gasteiger partial charge in [-0.2, -0.15) is 0 Å². The number of hydrogen-bond acceptors (Lipinski definition) is 7. The maximum absolute atomic E-state index is 5.31. The lowest BCUT2D eigenvalue weighted by atomic mass is 10.0. The molecule has 0 aliphatic carbocycles. The third-order valence-electron chi connectivity index (χ3n) is 10.2. The molecule has 0 aliphatic heterocycles. The number of benzene rings is 7. The Kier molecular flexibility index (Phi) is 7.79. The van der Waals surface area contributed by atoms with Gasteiger partial charge in [0.2, 0.25) is 0 Å². The average molecular weight is 752 g/mol. The molecule has 11 aromatic rings. The second-order valence-corrected chi connectivity index (χ2v) is 15.8. The van der Waals surface area contributed by atoms with Gasteiger partial charge >= 0.3 is 0 Å². The minimum atomic E-state index is 0.648. The average Bonchev–Trinajstić information content (AvgIpc) is 3.84. The van der Waals surface area contributed by atoms with Gasteiger partial charge in [-0.05, 0) is 35.4 Å². The molecule has 0 amide bonds. The molecule has 262 valence electrons. The van der Waals surface area contributed by atoms with E-state index in [2.05, 4.69) is 109 Å². The third-order valence-corrected chi connectivity index (χ3v) is 12.5. The molecule has 0 saturated heterocycles. The van der Waals surface area contributed by atoms with Crippen molar-refractivity contribution < 1.29 is 0 Å². The summed E-state index contributed by atoms with van der Waals surface area (Å²) >= 11 is 3.54. The summed E-state index contributed by atoms with van der Waals surface area (Å²) in [5.74, 6) is 2.67. The molecular formula is C49H29N5S2. The Balaban J connectivity index is 1.03. The van der Waals surface area contributed by atoms with Crippen molar-refractivity contribution in [3.05, 3.63) is 176 Å². The number of fused-ring (bicyclic) bond motifs is 6. The van der Waals surface area contributed by atoms with Crippen LogP contribution in [0.5, 0.6) is 0 Å². The van der Waals surface area contributed by atoms with E-state index >= 15 is 0 Å². The smallest absolute Gasteiger partial charge is 0.164 e. The molecule has 4 heterocycles. The zero-order valence-electron chi connectivity index (χ0n) is 29.8. The summed E-state index contributed by atoms with van der Waals surface area (Å²) in [7, 11) is 0. The Labute approximate surface area is 330 Å². The van der Waals surface area contributed by atoms with E-state index in [0.717, 1.165) is 54.9 Å². The highest BCUT2D eigenvalue weighted by molar-refractivity contribution is 7.26. The van der Waals surface area contributed by atoms with Gasteiger partial charge in [-0.3, -0.25) is 0 Å². The summed E-state index contributed by atoms with van der Waals surface area (Å²) in [6.45, 7) is 0. The van der Waals surface area contributed by atoms with E-state index in [1.54, 1.807) is 22.7 Å². The summed E-state index contributed by atoms with van der Waals surface area (Å²) in [4.78, 5) is 25.4. The van der Waals surface area contributed by atoms with Gasteiger partial charge in [-0.25, -0.2) is 24.9 Å². The molecule has 0 fully saturated rings. The monoisotopic (exact) mass is 751 g/mol. The fourth-order valence-electron chi connectivity index (χ4n) is 7.36. The van der Waals surface area contributed by atoms with Crippen LogP contribution in [0.15, 0.2) is 176 Å². The quantitative estimate of drug-likeness (QED) is 0.169. The van der Waals surface area contributed by atoms with Crippen LogP contribution in [0.3, 0.4) is 0 Å². The van der Waals surface area contributed by atoms with Crippen LogP contribution < -0.4 is 0 Å². The van der Waals surface area contributed by atoms with Gasteiger partial charge in [0, 0.05) is 58.1 Å². The van der Waals surface area contributed by atoms with E-state index in [4.69, 9.17) is 24.9 Å². The van der Waals surface area contributed by atoms with E-state index in [1.165, 1.54) is 36.0 Å². The normalized spacial score (nSPS) is 11.6. The lowest BCUT2D eigenvalue weighted by Gasteiger charge is -2.09. The maximum Gasteiger partial charge on any atom is 0.164 e. The molecule has 7 aromatic carbocycles. The SMILES string of the molecule is c1ccc(-c2ccc(-c3nc(-c4ccc5sc6cc(-c7nc(-c8ccccc8)nc(-c8ccccc8)n7)ccc6c5c4)c4sc5ccccc5c4n3)cc2)cc1. The summed E-state index contributed by atoms with van der Waals surface area (Å²) in [6.07, 6.45) is 0. The van der Waals surface area contributed by atoms with E-state index < -0.39 is 0 Å². The Hall–Kier alpha value is -6.93. The number of thiophene rings is 2. The van der Waals surface area contributed by atoms with Gasteiger partial charge in [-0.1, -0.05) is 152 Å². The molecule has 7 heteroatoms. The molecule has 0 spiro atoms. The highest BCUT2D eigenvalue weighted by Gasteiger charge is 2.19. The maximum atomic E-state index is 5.31. The van der Waals surface area contributed by atoms with Crippen molar-refractivity contribution >= 4 is 63.1 Å². The fourth-order valence-corrected chi connectivity index (χ4v) is 9.64. The molecule has 0 unspecified atom stereocenters. The van der Waals surface area contributed by atoms with Gasteiger partial charge in [-0.15, -0.1) is 22.7 Å². The lowest BCUT2D eigenvalue weighted by Crippen LogP contribution is -1.99. The van der Waals surface area contributed by atoms with Gasteiger partial charge in [0.05, 0.1) is 15.9 Å². The Morgan fingerprint density at radius 1 is 0.286 bits per heavy atom. The second kappa shape index (κ2) is 13.4. The molecule has 0 radical (unpaired) electrons. The summed E-state index contributed by atoms with van der Waals surface area (Å²) in [5.41, 5.74) is 9.20. The topological polar surface area (TPSA) is 64.5 Å². The standard InChI is InChI=1S/C49H29N5S2/c1-4-12-30(13-5-1)31-20-22-34(23-21-31)46-50-43(45-44(51-46)38-18-10-11-19-40(38)56-45)35-25-27-41-39(28-35)37-26-24-36(29-42(37)55-41)49-53-47(32-14-6-2-7-15-32)52-48(54-49)33-16-8-3-9-17-33/h1-29H. The molecule has 4 aromatic heterocycles. The minimum absolute atomic E-state index is 0.648. The Bertz CT molecular complexity index is 3170. The molecule has 0 aliphatic rings. The number of aromatic nitrogens is 5. The van der Waals surface area contributed by atoms with Gasteiger partial charge in [0.1, 0.15) is 0 Å².